The van der Waals surface area contributed by atoms with Gasteiger partial charge in [-0.15, -0.1) is 12.6 Å². The molecule has 0 saturated carbocycles. The first-order valence-electron chi connectivity index (χ1n) is 6.05. The topological polar surface area (TPSA) is 15.6 Å². The summed E-state index contributed by atoms with van der Waals surface area (Å²) in [5.41, 5.74) is 3.27. The van der Waals surface area contributed by atoms with Gasteiger partial charge in [0, 0.05) is 11.3 Å². The minimum atomic E-state index is -0.00134. The second-order valence-electron chi connectivity index (χ2n) is 4.24. The average Bonchev–Trinajstić information content (AvgIpc) is 2.48. The van der Waals surface area contributed by atoms with Crippen molar-refractivity contribution in [1.29, 1.82) is 0 Å². The van der Waals surface area contributed by atoms with Crippen LogP contribution in [0.5, 0.6) is 0 Å². The summed E-state index contributed by atoms with van der Waals surface area (Å²) in [6.07, 6.45) is 2.04. The molecule has 1 aliphatic rings. The third-order valence-corrected chi connectivity index (χ3v) is 4.26. The Morgan fingerprint density at radius 2 is 1.74 bits per heavy atom. The van der Waals surface area contributed by atoms with Gasteiger partial charge in [-0.1, -0.05) is 48.2 Å². The van der Waals surface area contributed by atoms with Crippen molar-refractivity contribution >= 4 is 40.9 Å². The smallest absolute Gasteiger partial charge is 0.169 e. The van der Waals surface area contributed by atoms with E-state index >= 15 is 0 Å². The van der Waals surface area contributed by atoms with Crippen molar-refractivity contribution in [2.45, 2.75) is 5.37 Å². The van der Waals surface area contributed by atoms with Crippen LogP contribution in [0.25, 0.3) is 0 Å². The number of rotatable bonds is 1. The van der Waals surface area contributed by atoms with E-state index in [-0.39, 0.29) is 5.37 Å². The number of hydrogen-bond donors (Lipinski definition) is 1. The van der Waals surface area contributed by atoms with Crippen LogP contribution in [0.15, 0.2) is 59.6 Å². The first kappa shape index (κ1) is 12.6. The molecule has 2 nitrogen and oxygen atoms in total. The molecule has 0 aromatic heterocycles. The van der Waals surface area contributed by atoms with Crippen molar-refractivity contribution in [1.82, 2.24) is 0 Å². The highest BCUT2D eigenvalue weighted by atomic mass is 32.2. The summed E-state index contributed by atoms with van der Waals surface area (Å²) in [5, 5.41) is 0.975. The van der Waals surface area contributed by atoms with Gasteiger partial charge in [-0.05, 0) is 24.5 Å². The second kappa shape index (κ2) is 5.31. The number of fused-ring (bicyclic) bond motifs is 1. The monoisotopic (exact) mass is 286 g/mol. The van der Waals surface area contributed by atoms with E-state index < -0.39 is 0 Å². The molecule has 0 radical (unpaired) electrons. The predicted octanol–water partition coefficient (Wildman–Crippen LogP) is 4.49. The molecule has 3 rings (SSSR count). The highest BCUT2D eigenvalue weighted by Crippen LogP contribution is 2.41. The molecule has 2 aromatic carbocycles. The Kier molecular flexibility index (Phi) is 3.53. The van der Waals surface area contributed by atoms with Crippen molar-refractivity contribution < 1.29 is 0 Å². The summed E-state index contributed by atoms with van der Waals surface area (Å²) in [5.74, 6) is 0. The van der Waals surface area contributed by atoms with Crippen LogP contribution in [0.3, 0.4) is 0 Å². The van der Waals surface area contributed by atoms with Gasteiger partial charge in [0.25, 0.3) is 0 Å². The lowest BCUT2D eigenvalue weighted by atomic mass is 10.1. The predicted molar refractivity (Wildman–Crippen MR) is 87.7 cm³/mol. The quantitative estimate of drug-likeness (QED) is 0.777. The molecule has 2 aromatic rings. The number of aliphatic imine (C=N–C) groups is 1. The van der Waals surface area contributed by atoms with E-state index in [1.807, 2.05) is 42.7 Å². The van der Waals surface area contributed by atoms with Crippen molar-refractivity contribution in [3.63, 3.8) is 0 Å². The van der Waals surface area contributed by atoms with Crippen LogP contribution in [-0.4, -0.2) is 11.4 Å². The Bertz CT molecular complexity index is 611. The van der Waals surface area contributed by atoms with Gasteiger partial charge in [-0.3, -0.25) is 0 Å². The molecule has 1 heterocycles. The molecule has 1 atom stereocenters. The number of para-hydroxylation sites is 2. The fourth-order valence-electron chi connectivity index (χ4n) is 2.19. The Morgan fingerprint density at radius 3 is 2.47 bits per heavy atom. The summed E-state index contributed by atoms with van der Waals surface area (Å²) in [6, 6.07) is 18.4. The Hall–Kier alpha value is -1.39. The Labute approximate surface area is 123 Å². The maximum absolute atomic E-state index is 4.79. The van der Waals surface area contributed by atoms with E-state index in [0.717, 1.165) is 22.1 Å². The van der Waals surface area contributed by atoms with E-state index in [4.69, 9.17) is 17.6 Å². The van der Waals surface area contributed by atoms with Crippen LogP contribution in [0.4, 0.5) is 11.4 Å². The SMILES string of the molecule is CSC1=Nc2ccccc2C(S)N1c1ccccc1. The van der Waals surface area contributed by atoms with Gasteiger partial charge < -0.3 is 4.90 Å². The first-order chi connectivity index (χ1) is 9.31. The van der Waals surface area contributed by atoms with Gasteiger partial charge in [0.2, 0.25) is 0 Å². The number of anilines is 1. The van der Waals surface area contributed by atoms with Crippen molar-refractivity contribution in [3.8, 4) is 0 Å². The minimum absolute atomic E-state index is 0.00134. The summed E-state index contributed by atoms with van der Waals surface area (Å²) in [4.78, 5) is 6.89. The number of nitrogens with zero attached hydrogens (tertiary/aromatic N) is 2. The normalized spacial score (nSPS) is 17.9. The van der Waals surface area contributed by atoms with Gasteiger partial charge in [0.15, 0.2) is 5.17 Å². The molecule has 0 spiro atoms. The lowest BCUT2D eigenvalue weighted by Gasteiger charge is -2.34. The standard InChI is InChI=1S/C15H14N2S2/c1-19-15-16-13-10-6-5-9-12(13)14(18)17(15)11-7-3-2-4-8-11/h2-10,14,18H,1H3. The number of thioether (sulfide) groups is 1. The van der Waals surface area contributed by atoms with E-state index in [2.05, 4.69) is 23.1 Å². The molecule has 96 valence electrons. The fraction of sp³-hybridized carbons (Fsp3) is 0.133. The van der Waals surface area contributed by atoms with E-state index in [1.54, 1.807) is 11.8 Å². The summed E-state index contributed by atoms with van der Waals surface area (Å²) >= 11 is 6.43. The van der Waals surface area contributed by atoms with Crippen LogP contribution in [0.1, 0.15) is 10.9 Å². The van der Waals surface area contributed by atoms with Crippen LogP contribution in [-0.2, 0) is 0 Å². The third kappa shape index (κ3) is 2.26. The number of thiol groups is 1. The Morgan fingerprint density at radius 1 is 1.05 bits per heavy atom. The average molecular weight is 286 g/mol. The zero-order valence-corrected chi connectivity index (χ0v) is 12.2. The molecule has 0 fully saturated rings. The summed E-state index contributed by atoms with van der Waals surface area (Å²) in [6.45, 7) is 0. The number of amidine groups is 1. The van der Waals surface area contributed by atoms with E-state index in [9.17, 15) is 0 Å². The number of benzene rings is 2. The Balaban J connectivity index is 2.12. The first-order valence-corrected chi connectivity index (χ1v) is 7.79. The molecule has 0 N–H and O–H groups in total. The molecule has 1 aliphatic heterocycles. The molecule has 0 amide bonds. The second-order valence-corrected chi connectivity index (χ2v) is 5.50. The maximum atomic E-state index is 4.79. The van der Waals surface area contributed by atoms with E-state index in [1.165, 1.54) is 0 Å². The van der Waals surface area contributed by atoms with Crippen LogP contribution < -0.4 is 4.90 Å². The molecule has 0 aliphatic carbocycles. The lowest BCUT2D eigenvalue weighted by Crippen LogP contribution is -2.32. The highest BCUT2D eigenvalue weighted by Gasteiger charge is 2.27. The maximum Gasteiger partial charge on any atom is 0.169 e. The molecule has 4 heteroatoms. The molecule has 0 bridgehead atoms. The summed E-state index contributed by atoms with van der Waals surface area (Å²) < 4.78 is 0. The number of hydrogen-bond acceptors (Lipinski definition) is 4. The van der Waals surface area contributed by atoms with Gasteiger partial charge in [0.1, 0.15) is 5.37 Å². The lowest BCUT2D eigenvalue weighted by molar-refractivity contribution is 0.971. The van der Waals surface area contributed by atoms with Crippen molar-refractivity contribution in [3.05, 3.63) is 60.2 Å². The zero-order chi connectivity index (χ0) is 13.2. The third-order valence-electron chi connectivity index (χ3n) is 3.10. The molecule has 19 heavy (non-hydrogen) atoms. The minimum Gasteiger partial charge on any atom is -0.304 e. The van der Waals surface area contributed by atoms with Gasteiger partial charge in [0.05, 0.1) is 5.69 Å². The van der Waals surface area contributed by atoms with Gasteiger partial charge >= 0.3 is 0 Å². The van der Waals surface area contributed by atoms with Crippen LogP contribution in [0.2, 0.25) is 0 Å². The molecular weight excluding hydrogens is 272 g/mol. The van der Waals surface area contributed by atoms with Crippen LogP contribution >= 0.6 is 24.4 Å². The fourth-order valence-corrected chi connectivity index (χ4v) is 3.33. The van der Waals surface area contributed by atoms with Crippen molar-refractivity contribution in [2.24, 2.45) is 4.99 Å². The zero-order valence-electron chi connectivity index (χ0n) is 10.5. The molecular formula is C15H14N2S2. The van der Waals surface area contributed by atoms with Gasteiger partial charge in [-0.2, -0.15) is 0 Å². The highest BCUT2D eigenvalue weighted by molar-refractivity contribution is 8.13. The summed E-state index contributed by atoms with van der Waals surface area (Å²) in [7, 11) is 0. The van der Waals surface area contributed by atoms with E-state index in [0.29, 0.717) is 0 Å². The van der Waals surface area contributed by atoms with Crippen molar-refractivity contribution in [2.75, 3.05) is 11.2 Å². The van der Waals surface area contributed by atoms with Gasteiger partial charge in [-0.25, -0.2) is 4.99 Å². The van der Waals surface area contributed by atoms with Crippen LogP contribution in [0, 0.1) is 0 Å². The molecule has 1 unspecified atom stereocenters. The largest absolute Gasteiger partial charge is 0.304 e. The molecule has 0 saturated heterocycles.